The summed E-state index contributed by atoms with van der Waals surface area (Å²) in [6.45, 7) is -0.843. The molecule has 0 aliphatic carbocycles. The molecule has 18 heteroatoms. The molecule has 33 heavy (non-hydrogen) atoms. The van der Waals surface area contributed by atoms with Gasteiger partial charge in [0, 0.05) is 25.1 Å². The molecule has 168 valence electrons. The number of aliphatic hydroxyl groups is 1. The summed E-state index contributed by atoms with van der Waals surface area (Å²) in [5.74, 6) is -5.50. The van der Waals surface area contributed by atoms with Crippen LogP contribution in [-0.4, -0.2) is 52.0 Å². The first kappa shape index (κ1) is 35.8. The van der Waals surface area contributed by atoms with Gasteiger partial charge in [-0.1, -0.05) is 0 Å². The standard InChI is InChI=1S/C15H23N4O10P.3Na/c16-11-3-5-19(15(25)18-11)12-6-9(20)10(29-12)7-28-30(26,27)17-4-1-2-8(13(21)22)14(23)24;;;/h3,5,8-10,12,20H,1-2,4,6-7H2,(H,21,22)(H,23,24)(H2,16,18,25)(H2,17,26,27);;;/q;3*+1/p-3/t9-,10+,12+;;;/m0.../s1. The Balaban J connectivity index is 0. The van der Waals surface area contributed by atoms with Crippen molar-refractivity contribution in [1.82, 2.24) is 14.6 Å². The van der Waals surface area contributed by atoms with E-state index in [0.29, 0.717) is 0 Å². The molecule has 0 aromatic carbocycles. The van der Waals surface area contributed by atoms with Crippen LogP contribution in [0.2, 0.25) is 0 Å². The molecule has 1 aromatic rings. The number of nitrogens with two attached hydrogens (primary N) is 1. The molecule has 4 atom stereocenters. The maximum Gasteiger partial charge on any atom is 1.00 e. The number of anilines is 1. The molecule has 2 rings (SSSR count). The third kappa shape index (κ3) is 11.5. The summed E-state index contributed by atoms with van der Waals surface area (Å²) in [6.07, 6.45) is -2.26. The predicted octanol–water partition coefficient (Wildman–Crippen LogP) is -13.5. The molecule has 1 aliphatic heterocycles. The molecule has 14 nitrogen and oxygen atoms in total. The van der Waals surface area contributed by atoms with Gasteiger partial charge in [-0.05, 0) is 18.9 Å². The van der Waals surface area contributed by atoms with Gasteiger partial charge in [0.05, 0.1) is 24.6 Å². The molecule has 0 radical (unpaired) electrons. The van der Waals surface area contributed by atoms with Crippen LogP contribution >= 0.6 is 7.75 Å². The molecule has 0 saturated carbocycles. The second-order valence-corrected chi connectivity index (χ2v) is 8.08. The number of carboxylic acid groups (broad SMARTS) is 2. The van der Waals surface area contributed by atoms with Gasteiger partial charge in [0.1, 0.15) is 18.1 Å². The minimum atomic E-state index is -4.60. The van der Waals surface area contributed by atoms with E-state index in [1.165, 1.54) is 12.3 Å². The Bertz CT molecular complexity index is 878. The van der Waals surface area contributed by atoms with Crippen molar-refractivity contribution in [3.05, 3.63) is 22.7 Å². The molecule has 1 fully saturated rings. The maximum atomic E-state index is 11.9. The molecule has 2 heterocycles. The van der Waals surface area contributed by atoms with E-state index >= 15 is 0 Å². The van der Waals surface area contributed by atoms with Gasteiger partial charge in [0.2, 0.25) is 7.75 Å². The minimum Gasteiger partial charge on any atom is -0.766 e. The van der Waals surface area contributed by atoms with Gasteiger partial charge in [-0.25, -0.2) is 4.79 Å². The number of hydrogen-bond donors (Lipinski definition) is 3. The summed E-state index contributed by atoms with van der Waals surface area (Å²) in [7, 11) is -4.60. The first-order chi connectivity index (χ1) is 14.0. The van der Waals surface area contributed by atoms with Crippen molar-refractivity contribution in [3.8, 4) is 0 Å². The summed E-state index contributed by atoms with van der Waals surface area (Å²) in [4.78, 5) is 48.5. The summed E-state index contributed by atoms with van der Waals surface area (Å²) in [5, 5.41) is 33.3. The van der Waals surface area contributed by atoms with Gasteiger partial charge >= 0.3 is 94.4 Å². The van der Waals surface area contributed by atoms with E-state index in [1.807, 2.05) is 5.09 Å². The number of carbonyl (C=O) groups excluding carboxylic acids is 2. The Kier molecular flexibility index (Phi) is 17.8. The quantitative estimate of drug-likeness (QED) is 0.107. The average Bonchev–Trinajstić information content (AvgIpc) is 2.99. The second-order valence-electron chi connectivity index (χ2n) is 6.51. The first-order valence-corrected chi connectivity index (χ1v) is 10.3. The van der Waals surface area contributed by atoms with E-state index in [4.69, 9.17) is 15.0 Å². The van der Waals surface area contributed by atoms with Gasteiger partial charge in [-0.3, -0.25) is 14.2 Å². The fourth-order valence-corrected chi connectivity index (χ4v) is 3.62. The monoisotopic (exact) mass is 516 g/mol. The normalized spacial score (nSPS) is 21.2. The SMILES string of the molecule is Nc1ccn([C@H]2C[C@H](O)[C@@H](COP(=O)([O-])NCCCC(C(=O)[O-])C(=O)[O-])O2)c(=O)n1.[Na+].[Na+].[Na+]. The molecule has 4 N–H and O–H groups in total. The predicted molar refractivity (Wildman–Crippen MR) is 91.7 cm³/mol. The fraction of sp³-hybridized carbons (Fsp3) is 0.600. The third-order valence-electron chi connectivity index (χ3n) is 4.32. The number of aliphatic carboxylic acids is 2. The summed E-state index contributed by atoms with van der Waals surface area (Å²) < 4.78 is 23.2. The van der Waals surface area contributed by atoms with Crippen LogP contribution < -0.4 is 120 Å². The van der Waals surface area contributed by atoms with Crippen LogP contribution in [0.3, 0.4) is 0 Å². The summed E-state index contributed by atoms with van der Waals surface area (Å²) in [6, 6.07) is 1.36. The van der Waals surface area contributed by atoms with Crippen molar-refractivity contribution in [1.29, 1.82) is 0 Å². The van der Waals surface area contributed by atoms with Crippen LogP contribution in [0.1, 0.15) is 25.5 Å². The van der Waals surface area contributed by atoms with E-state index in [1.54, 1.807) is 0 Å². The smallest absolute Gasteiger partial charge is 0.766 e. The Morgan fingerprint density at radius 3 is 2.52 bits per heavy atom. The number of aromatic nitrogens is 2. The minimum absolute atomic E-state index is 0. The average molecular weight is 516 g/mol. The van der Waals surface area contributed by atoms with Crippen molar-refractivity contribution < 1.29 is 132 Å². The van der Waals surface area contributed by atoms with Crippen LogP contribution in [0.15, 0.2) is 17.1 Å². The Morgan fingerprint density at radius 2 is 1.97 bits per heavy atom. The van der Waals surface area contributed by atoms with Crippen LogP contribution in [0.25, 0.3) is 0 Å². The Hall–Kier alpha value is 0.650. The summed E-state index contributed by atoms with van der Waals surface area (Å²) in [5.41, 5.74) is 4.70. The molecule has 1 aliphatic rings. The van der Waals surface area contributed by atoms with E-state index in [-0.39, 0.29) is 114 Å². The van der Waals surface area contributed by atoms with Crippen molar-refractivity contribution in [2.75, 3.05) is 18.9 Å². The molecule has 0 spiro atoms. The van der Waals surface area contributed by atoms with Crippen LogP contribution in [0.4, 0.5) is 5.82 Å². The van der Waals surface area contributed by atoms with Gasteiger partial charge < -0.3 is 44.8 Å². The number of ether oxygens (including phenoxy) is 1. The number of hydrogen-bond acceptors (Lipinski definition) is 12. The third-order valence-corrected chi connectivity index (χ3v) is 5.42. The molecular weight excluding hydrogens is 496 g/mol. The maximum absolute atomic E-state index is 11.9. The molecule has 0 amide bonds. The molecule has 1 saturated heterocycles. The zero-order chi connectivity index (χ0) is 22.5. The number of carboxylic acids is 2. The number of nitrogens with zero attached hydrogens (tertiary/aromatic N) is 2. The second kappa shape index (κ2) is 16.4. The zero-order valence-electron chi connectivity index (χ0n) is 18.5. The van der Waals surface area contributed by atoms with Gasteiger partial charge in [-0.2, -0.15) is 4.98 Å². The summed E-state index contributed by atoms with van der Waals surface area (Å²) >= 11 is 0. The Labute approximate surface area is 255 Å². The fourth-order valence-electron chi connectivity index (χ4n) is 2.75. The number of rotatable bonds is 11. The van der Waals surface area contributed by atoms with Crippen LogP contribution in [0, 0.1) is 5.92 Å². The molecule has 1 unspecified atom stereocenters. The van der Waals surface area contributed by atoms with E-state index in [9.17, 15) is 39.2 Å². The van der Waals surface area contributed by atoms with Gasteiger partial charge in [-0.15, -0.1) is 0 Å². The van der Waals surface area contributed by atoms with E-state index < -0.39 is 62.8 Å². The van der Waals surface area contributed by atoms with Crippen LogP contribution in [0.5, 0.6) is 0 Å². The number of aliphatic hydroxyl groups excluding tert-OH is 1. The number of carbonyl (C=O) groups is 2. The van der Waals surface area contributed by atoms with Crippen LogP contribution in [-0.2, 0) is 23.4 Å². The topological polar surface area (TPSA) is 232 Å². The van der Waals surface area contributed by atoms with Crippen molar-refractivity contribution in [2.24, 2.45) is 5.92 Å². The molecule has 0 bridgehead atoms. The van der Waals surface area contributed by atoms with E-state index in [0.717, 1.165) is 4.57 Å². The molecule has 1 aromatic heterocycles. The molecular formula is C15H20N4Na3O10P. The van der Waals surface area contributed by atoms with Gasteiger partial charge in [0.15, 0.2) is 0 Å². The van der Waals surface area contributed by atoms with Crippen molar-refractivity contribution in [3.63, 3.8) is 0 Å². The van der Waals surface area contributed by atoms with E-state index in [2.05, 4.69) is 4.98 Å². The van der Waals surface area contributed by atoms with Gasteiger partial charge in [0.25, 0.3) is 0 Å². The Morgan fingerprint density at radius 1 is 1.36 bits per heavy atom. The zero-order valence-corrected chi connectivity index (χ0v) is 25.4. The first-order valence-electron chi connectivity index (χ1n) is 8.81. The van der Waals surface area contributed by atoms with Crippen molar-refractivity contribution in [2.45, 2.75) is 37.7 Å². The number of nitrogen functional groups attached to an aromatic ring is 1. The van der Waals surface area contributed by atoms with Crippen molar-refractivity contribution >= 4 is 25.5 Å². The number of nitrogens with one attached hydrogen (secondary N) is 1. The largest absolute Gasteiger partial charge is 1.00 e.